The molecule has 2 aromatic rings. The Balaban J connectivity index is 2.26. The van der Waals surface area contributed by atoms with Gasteiger partial charge < -0.3 is 5.32 Å². The van der Waals surface area contributed by atoms with E-state index in [4.69, 9.17) is 11.6 Å². The van der Waals surface area contributed by atoms with Crippen LogP contribution >= 0.6 is 40.2 Å². The first-order valence-corrected chi connectivity index (χ1v) is 6.84. The van der Waals surface area contributed by atoms with Crippen molar-refractivity contribution in [2.24, 2.45) is 0 Å². The molecule has 1 amide bonds. The lowest BCUT2D eigenvalue weighted by Crippen LogP contribution is -2.12. The van der Waals surface area contributed by atoms with Gasteiger partial charge in [0.2, 0.25) is 0 Å². The second-order valence-electron chi connectivity index (χ2n) is 3.75. The van der Waals surface area contributed by atoms with Crippen LogP contribution in [-0.4, -0.2) is 5.91 Å². The minimum absolute atomic E-state index is 0.131. The summed E-state index contributed by atoms with van der Waals surface area (Å²) in [6.45, 7) is 0. The van der Waals surface area contributed by atoms with Gasteiger partial charge in [-0.2, -0.15) is 0 Å². The van der Waals surface area contributed by atoms with Gasteiger partial charge in [-0.05, 0) is 52.3 Å². The van der Waals surface area contributed by atoms with E-state index in [-0.39, 0.29) is 10.9 Å². The average Bonchev–Trinajstić information content (AvgIpc) is 2.34. The molecule has 19 heavy (non-hydrogen) atoms. The van der Waals surface area contributed by atoms with Crippen LogP contribution < -0.4 is 5.32 Å². The molecule has 0 heterocycles. The first kappa shape index (κ1) is 14.4. The summed E-state index contributed by atoms with van der Waals surface area (Å²) in [7, 11) is 0. The molecular formula is C13H8BrClFNOS. The van der Waals surface area contributed by atoms with Gasteiger partial charge in [-0.3, -0.25) is 4.79 Å². The van der Waals surface area contributed by atoms with Gasteiger partial charge in [0.25, 0.3) is 5.91 Å². The van der Waals surface area contributed by atoms with E-state index in [2.05, 4.69) is 33.9 Å². The molecule has 6 heteroatoms. The van der Waals surface area contributed by atoms with Gasteiger partial charge >= 0.3 is 0 Å². The van der Waals surface area contributed by atoms with Gasteiger partial charge in [0, 0.05) is 14.9 Å². The summed E-state index contributed by atoms with van der Waals surface area (Å²) in [4.78, 5) is 12.8. The number of carbonyl (C=O) groups is 1. The van der Waals surface area contributed by atoms with Gasteiger partial charge in [0.15, 0.2) is 0 Å². The topological polar surface area (TPSA) is 29.1 Å². The van der Waals surface area contributed by atoms with Crippen LogP contribution in [0.3, 0.4) is 0 Å². The zero-order valence-electron chi connectivity index (χ0n) is 9.45. The third-order valence-corrected chi connectivity index (χ3v) is 3.60. The van der Waals surface area contributed by atoms with Crippen molar-refractivity contribution in [3.63, 3.8) is 0 Å². The van der Waals surface area contributed by atoms with Gasteiger partial charge in [-0.15, -0.1) is 12.6 Å². The molecule has 0 bridgehead atoms. The Kier molecular flexibility index (Phi) is 4.50. The number of anilines is 1. The predicted octanol–water partition coefficient (Wildman–Crippen LogP) is 4.78. The van der Waals surface area contributed by atoms with E-state index >= 15 is 0 Å². The van der Waals surface area contributed by atoms with Crippen molar-refractivity contribution in [3.8, 4) is 0 Å². The van der Waals surface area contributed by atoms with Crippen LogP contribution in [0, 0.1) is 5.82 Å². The van der Waals surface area contributed by atoms with E-state index in [1.807, 2.05) is 0 Å². The highest BCUT2D eigenvalue weighted by Gasteiger charge is 2.12. The summed E-state index contributed by atoms with van der Waals surface area (Å²) in [6.07, 6.45) is 0. The van der Waals surface area contributed by atoms with Crippen LogP contribution in [0.1, 0.15) is 10.4 Å². The monoisotopic (exact) mass is 359 g/mol. The van der Waals surface area contributed by atoms with Crippen LogP contribution in [0.25, 0.3) is 0 Å². The SMILES string of the molecule is O=C(Nc1c(Cl)cc(F)cc1Br)c1ccc(S)cc1. The molecule has 0 spiro atoms. The molecular weight excluding hydrogens is 353 g/mol. The molecule has 2 rings (SSSR count). The number of amides is 1. The van der Waals surface area contributed by atoms with E-state index in [1.54, 1.807) is 24.3 Å². The maximum atomic E-state index is 13.1. The first-order chi connectivity index (χ1) is 8.97. The fraction of sp³-hybridized carbons (Fsp3) is 0. The molecule has 2 nitrogen and oxygen atoms in total. The number of rotatable bonds is 2. The van der Waals surface area contributed by atoms with Gasteiger partial charge in [0.1, 0.15) is 5.82 Å². The smallest absolute Gasteiger partial charge is 0.255 e. The second-order valence-corrected chi connectivity index (χ2v) is 5.52. The Hall–Kier alpha value is -1.04. The van der Waals surface area contributed by atoms with Crippen LogP contribution in [0.4, 0.5) is 10.1 Å². The van der Waals surface area contributed by atoms with Crippen molar-refractivity contribution in [2.45, 2.75) is 4.90 Å². The fourth-order valence-electron chi connectivity index (χ4n) is 1.46. The maximum absolute atomic E-state index is 13.1. The lowest BCUT2D eigenvalue weighted by Gasteiger charge is -2.09. The normalized spacial score (nSPS) is 10.3. The molecule has 0 saturated carbocycles. The Morgan fingerprint density at radius 2 is 1.89 bits per heavy atom. The van der Waals surface area contributed by atoms with E-state index in [0.717, 1.165) is 11.0 Å². The van der Waals surface area contributed by atoms with E-state index in [9.17, 15) is 9.18 Å². The molecule has 0 fully saturated rings. The largest absolute Gasteiger partial charge is 0.320 e. The number of benzene rings is 2. The van der Waals surface area contributed by atoms with E-state index in [0.29, 0.717) is 15.7 Å². The van der Waals surface area contributed by atoms with Crippen molar-refractivity contribution in [3.05, 3.63) is 57.3 Å². The van der Waals surface area contributed by atoms with Crippen molar-refractivity contribution < 1.29 is 9.18 Å². The number of nitrogens with one attached hydrogen (secondary N) is 1. The molecule has 0 atom stereocenters. The molecule has 2 aromatic carbocycles. The highest BCUT2D eigenvalue weighted by Crippen LogP contribution is 2.32. The Morgan fingerprint density at radius 1 is 1.26 bits per heavy atom. The molecule has 0 aliphatic heterocycles. The number of carbonyl (C=O) groups excluding carboxylic acids is 1. The van der Waals surface area contributed by atoms with E-state index in [1.165, 1.54) is 6.07 Å². The fourth-order valence-corrected chi connectivity index (χ4v) is 2.51. The summed E-state index contributed by atoms with van der Waals surface area (Å²) in [5, 5.41) is 2.76. The minimum atomic E-state index is -0.477. The average molecular weight is 361 g/mol. The second kappa shape index (κ2) is 5.94. The van der Waals surface area contributed by atoms with Crippen LogP contribution in [0.5, 0.6) is 0 Å². The lowest BCUT2D eigenvalue weighted by molar-refractivity contribution is 0.102. The van der Waals surface area contributed by atoms with E-state index < -0.39 is 5.82 Å². The zero-order chi connectivity index (χ0) is 14.0. The third-order valence-electron chi connectivity index (χ3n) is 2.37. The summed E-state index contributed by atoms with van der Waals surface area (Å²) in [5.74, 6) is -0.808. The highest BCUT2D eigenvalue weighted by molar-refractivity contribution is 9.10. The quantitative estimate of drug-likeness (QED) is 0.741. The van der Waals surface area contributed by atoms with Crippen LogP contribution in [0.2, 0.25) is 5.02 Å². The minimum Gasteiger partial charge on any atom is -0.320 e. The molecule has 0 unspecified atom stereocenters. The van der Waals surface area contributed by atoms with Gasteiger partial charge in [-0.25, -0.2) is 4.39 Å². The van der Waals surface area contributed by atoms with Crippen molar-refractivity contribution in [1.29, 1.82) is 0 Å². The Bertz CT molecular complexity index is 610. The standard InChI is InChI=1S/C13H8BrClFNOS/c14-10-5-8(16)6-11(15)12(10)17-13(18)7-1-3-9(19)4-2-7/h1-6,19H,(H,17,18). The Morgan fingerprint density at radius 3 is 2.47 bits per heavy atom. The number of hydrogen-bond donors (Lipinski definition) is 2. The molecule has 98 valence electrons. The summed E-state index contributed by atoms with van der Waals surface area (Å²) in [5.41, 5.74) is 0.799. The Labute approximate surface area is 128 Å². The first-order valence-electron chi connectivity index (χ1n) is 5.22. The van der Waals surface area contributed by atoms with Crippen molar-refractivity contribution in [1.82, 2.24) is 0 Å². The molecule has 0 aliphatic rings. The third kappa shape index (κ3) is 3.49. The molecule has 0 aliphatic carbocycles. The lowest BCUT2D eigenvalue weighted by atomic mass is 10.2. The van der Waals surface area contributed by atoms with Crippen LogP contribution in [0.15, 0.2) is 45.8 Å². The summed E-state index contributed by atoms with van der Waals surface area (Å²) in [6, 6.07) is 9.07. The molecule has 1 N–H and O–H groups in total. The highest BCUT2D eigenvalue weighted by atomic mass is 79.9. The summed E-state index contributed by atoms with van der Waals surface area (Å²) >= 11 is 13.2. The molecule has 0 radical (unpaired) electrons. The van der Waals surface area contributed by atoms with Gasteiger partial charge in [0.05, 0.1) is 10.7 Å². The zero-order valence-corrected chi connectivity index (χ0v) is 12.7. The number of hydrogen-bond acceptors (Lipinski definition) is 2. The molecule has 0 aromatic heterocycles. The summed E-state index contributed by atoms with van der Waals surface area (Å²) < 4.78 is 13.5. The predicted molar refractivity (Wildman–Crippen MR) is 80.8 cm³/mol. The maximum Gasteiger partial charge on any atom is 0.255 e. The number of halogens is 3. The molecule has 0 saturated heterocycles. The number of thiol groups is 1. The van der Waals surface area contributed by atoms with Crippen LogP contribution in [-0.2, 0) is 0 Å². The van der Waals surface area contributed by atoms with Crippen molar-refractivity contribution >= 4 is 51.8 Å². The van der Waals surface area contributed by atoms with Gasteiger partial charge in [-0.1, -0.05) is 11.6 Å². The van der Waals surface area contributed by atoms with Crippen molar-refractivity contribution in [2.75, 3.05) is 5.32 Å².